The molecular weight excluding hydrogens is 424 g/mol. The number of carbonyl (C=O) groups excluding carboxylic acids is 2. The first-order chi connectivity index (χ1) is 15.6. The van der Waals surface area contributed by atoms with Crippen LogP contribution in [0.5, 0.6) is 5.75 Å². The molecule has 0 bridgehead atoms. The summed E-state index contributed by atoms with van der Waals surface area (Å²) in [5.41, 5.74) is 2.64. The van der Waals surface area contributed by atoms with E-state index in [1.54, 1.807) is 43.5 Å². The van der Waals surface area contributed by atoms with Crippen molar-refractivity contribution in [2.75, 3.05) is 18.2 Å². The first-order valence-corrected chi connectivity index (χ1v) is 10.8. The number of ether oxygens (including phenoxy) is 1. The summed E-state index contributed by atoms with van der Waals surface area (Å²) < 4.78 is 5.16. The van der Waals surface area contributed by atoms with Gasteiger partial charge in [-0.05, 0) is 60.7 Å². The molecule has 7 nitrogen and oxygen atoms in total. The Hall–Kier alpha value is -3.91. The zero-order valence-corrected chi connectivity index (χ0v) is 18.1. The van der Waals surface area contributed by atoms with Gasteiger partial charge in [-0.3, -0.25) is 14.7 Å². The van der Waals surface area contributed by atoms with E-state index in [0.29, 0.717) is 27.8 Å². The number of thioether (sulfide) groups is 1. The summed E-state index contributed by atoms with van der Waals surface area (Å²) in [6.45, 7) is 0. The third kappa shape index (κ3) is 5.22. The van der Waals surface area contributed by atoms with Gasteiger partial charge in [0, 0.05) is 22.4 Å². The van der Waals surface area contributed by atoms with Gasteiger partial charge in [0.05, 0.1) is 12.9 Å². The molecule has 3 aromatic carbocycles. The molecule has 0 aliphatic carbocycles. The van der Waals surface area contributed by atoms with Crippen LogP contribution in [-0.2, 0) is 0 Å². The van der Waals surface area contributed by atoms with E-state index in [1.165, 1.54) is 11.8 Å². The molecule has 4 aromatic rings. The summed E-state index contributed by atoms with van der Waals surface area (Å²) >= 11 is 1.26. The highest BCUT2D eigenvalue weighted by atomic mass is 32.2. The minimum atomic E-state index is -0.197. The summed E-state index contributed by atoms with van der Waals surface area (Å²) in [6, 6.07) is 23.3. The van der Waals surface area contributed by atoms with Crippen molar-refractivity contribution in [3.63, 3.8) is 0 Å². The molecule has 0 fully saturated rings. The van der Waals surface area contributed by atoms with E-state index in [9.17, 15) is 9.59 Å². The van der Waals surface area contributed by atoms with Crippen molar-refractivity contribution in [3.8, 4) is 17.1 Å². The number of Topliss-reactive ketones (excluding diaryl/α,β-unsaturated/α-hetero) is 1. The van der Waals surface area contributed by atoms with E-state index in [2.05, 4.69) is 20.5 Å². The Bertz CT molecular complexity index is 1210. The molecule has 1 heterocycles. The molecule has 0 saturated heterocycles. The Morgan fingerprint density at radius 3 is 2.34 bits per heavy atom. The number of aromatic amines is 1. The van der Waals surface area contributed by atoms with Crippen molar-refractivity contribution < 1.29 is 14.3 Å². The van der Waals surface area contributed by atoms with Crippen LogP contribution in [0.3, 0.4) is 0 Å². The van der Waals surface area contributed by atoms with Crippen molar-refractivity contribution in [2.45, 2.75) is 5.16 Å². The predicted molar refractivity (Wildman–Crippen MR) is 124 cm³/mol. The molecule has 1 amide bonds. The summed E-state index contributed by atoms with van der Waals surface area (Å²) in [4.78, 5) is 29.2. The van der Waals surface area contributed by atoms with Gasteiger partial charge >= 0.3 is 0 Å². The number of nitrogens with one attached hydrogen (secondary N) is 2. The largest absolute Gasteiger partial charge is 0.497 e. The Morgan fingerprint density at radius 2 is 1.66 bits per heavy atom. The minimum absolute atomic E-state index is 0.0493. The van der Waals surface area contributed by atoms with Crippen molar-refractivity contribution in [3.05, 3.63) is 90.0 Å². The first kappa shape index (κ1) is 21.3. The number of anilines is 1. The van der Waals surface area contributed by atoms with Gasteiger partial charge in [-0.2, -0.15) is 0 Å². The van der Waals surface area contributed by atoms with Crippen LogP contribution in [0.4, 0.5) is 5.69 Å². The number of hydrogen-bond acceptors (Lipinski definition) is 6. The maximum Gasteiger partial charge on any atom is 0.255 e. The van der Waals surface area contributed by atoms with E-state index in [4.69, 9.17) is 4.74 Å². The Balaban J connectivity index is 1.32. The summed E-state index contributed by atoms with van der Waals surface area (Å²) in [6.07, 6.45) is 0. The maximum absolute atomic E-state index is 12.5. The fourth-order valence-electron chi connectivity index (χ4n) is 2.93. The molecule has 4 rings (SSSR count). The smallest absolute Gasteiger partial charge is 0.255 e. The van der Waals surface area contributed by atoms with Gasteiger partial charge in [0.2, 0.25) is 5.16 Å². The highest BCUT2D eigenvalue weighted by Crippen LogP contribution is 2.22. The van der Waals surface area contributed by atoms with Crippen molar-refractivity contribution in [1.82, 2.24) is 15.2 Å². The normalized spacial score (nSPS) is 10.5. The maximum atomic E-state index is 12.5. The number of benzene rings is 3. The van der Waals surface area contributed by atoms with E-state index in [-0.39, 0.29) is 17.4 Å². The Morgan fingerprint density at radius 1 is 0.938 bits per heavy atom. The Labute approximate surface area is 189 Å². The van der Waals surface area contributed by atoms with E-state index in [1.807, 2.05) is 42.5 Å². The average Bonchev–Trinajstić information content (AvgIpc) is 3.32. The highest BCUT2D eigenvalue weighted by Gasteiger charge is 2.12. The molecule has 32 heavy (non-hydrogen) atoms. The van der Waals surface area contributed by atoms with E-state index < -0.39 is 0 Å². The van der Waals surface area contributed by atoms with Crippen LogP contribution in [0.2, 0.25) is 0 Å². The zero-order chi connectivity index (χ0) is 22.3. The third-order valence-corrected chi connectivity index (χ3v) is 5.51. The number of nitrogens with zero attached hydrogens (tertiary/aromatic N) is 2. The minimum Gasteiger partial charge on any atom is -0.497 e. The SMILES string of the molecule is COc1ccc(-c2nc(SCC(=O)c3ccc(NC(=O)c4ccccc4)cc3)n[nH]2)cc1. The molecule has 0 unspecified atom stereocenters. The molecule has 2 N–H and O–H groups in total. The van der Waals surface area contributed by atoms with Crippen LogP contribution in [0, 0.1) is 0 Å². The van der Waals surface area contributed by atoms with Crippen LogP contribution < -0.4 is 10.1 Å². The quantitative estimate of drug-likeness (QED) is 0.302. The second-order valence-electron chi connectivity index (χ2n) is 6.80. The molecule has 0 atom stereocenters. The van der Waals surface area contributed by atoms with E-state index >= 15 is 0 Å². The average molecular weight is 445 g/mol. The molecule has 0 radical (unpaired) electrons. The summed E-state index contributed by atoms with van der Waals surface area (Å²) in [7, 11) is 1.61. The number of H-pyrrole nitrogens is 1. The van der Waals surface area contributed by atoms with Gasteiger partial charge < -0.3 is 10.1 Å². The molecule has 0 spiro atoms. The number of amides is 1. The second kappa shape index (κ2) is 9.93. The van der Waals surface area contributed by atoms with Crippen LogP contribution in [0.25, 0.3) is 11.4 Å². The van der Waals surface area contributed by atoms with Gasteiger partial charge in [0.1, 0.15) is 5.75 Å². The van der Waals surface area contributed by atoms with E-state index in [0.717, 1.165) is 11.3 Å². The van der Waals surface area contributed by atoms with Gasteiger partial charge in [-0.1, -0.05) is 30.0 Å². The molecule has 0 saturated carbocycles. The zero-order valence-electron chi connectivity index (χ0n) is 17.2. The van der Waals surface area contributed by atoms with Crippen LogP contribution in [0.1, 0.15) is 20.7 Å². The third-order valence-electron chi connectivity index (χ3n) is 4.66. The molecular formula is C24H20N4O3S. The highest BCUT2D eigenvalue weighted by molar-refractivity contribution is 7.99. The van der Waals surface area contributed by atoms with Gasteiger partial charge in [-0.15, -0.1) is 5.10 Å². The molecule has 0 aliphatic rings. The first-order valence-electron chi connectivity index (χ1n) is 9.81. The lowest BCUT2D eigenvalue weighted by Gasteiger charge is -2.06. The number of aromatic nitrogens is 3. The van der Waals surface area contributed by atoms with Gasteiger partial charge in [0.15, 0.2) is 11.6 Å². The lowest BCUT2D eigenvalue weighted by atomic mass is 10.1. The molecule has 0 aliphatic heterocycles. The number of carbonyl (C=O) groups is 2. The number of hydrogen-bond donors (Lipinski definition) is 2. The number of rotatable bonds is 8. The number of methoxy groups -OCH3 is 1. The van der Waals surface area contributed by atoms with Crippen LogP contribution >= 0.6 is 11.8 Å². The van der Waals surface area contributed by atoms with Crippen LogP contribution in [-0.4, -0.2) is 39.7 Å². The van der Waals surface area contributed by atoms with Gasteiger partial charge in [-0.25, -0.2) is 4.98 Å². The molecule has 8 heteroatoms. The van der Waals surface area contributed by atoms with Gasteiger partial charge in [0.25, 0.3) is 5.91 Å². The standard InChI is InChI=1S/C24H20N4O3S/c1-31-20-13-9-17(10-14-20)22-26-24(28-27-22)32-15-21(29)16-7-11-19(12-8-16)25-23(30)18-5-3-2-4-6-18/h2-14H,15H2,1H3,(H,25,30)(H,26,27,28). The summed E-state index contributed by atoms with van der Waals surface area (Å²) in [5.74, 6) is 1.35. The fraction of sp³-hybridized carbons (Fsp3) is 0.0833. The lowest BCUT2D eigenvalue weighted by molar-refractivity contribution is 0.101. The molecule has 160 valence electrons. The molecule has 1 aromatic heterocycles. The monoisotopic (exact) mass is 444 g/mol. The lowest BCUT2D eigenvalue weighted by Crippen LogP contribution is -2.11. The summed E-state index contributed by atoms with van der Waals surface area (Å²) in [5, 5.41) is 10.4. The van der Waals surface area contributed by atoms with Crippen molar-refractivity contribution >= 4 is 29.1 Å². The Kier molecular flexibility index (Phi) is 6.62. The number of ketones is 1. The van der Waals surface area contributed by atoms with Crippen molar-refractivity contribution in [2.24, 2.45) is 0 Å². The predicted octanol–water partition coefficient (Wildman–Crippen LogP) is 4.71. The second-order valence-corrected chi connectivity index (χ2v) is 7.75. The fourth-order valence-corrected chi connectivity index (χ4v) is 3.63. The van der Waals surface area contributed by atoms with Crippen molar-refractivity contribution in [1.29, 1.82) is 0 Å². The van der Waals surface area contributed by atoms with Crippen LogP contribution in [0.15, 0.2) is 84.0 Å². The topological polar surface area (TPSA) is 97.0 Å².